The van der Waals surface area contributed by atoms with E-state index in [0.29, 0.717) is 18.5 Å². The van der Waals surface area contributed by atoms with Gasteiger partial charge >= 0.3 is 0 Å². The lowest BCUT2D eigenvalue weighted by Crippen LogP contribution is -2.27. The van der Waals surface area contributed by atoms with Crippen LogP contribution in [0.1, 0.15) is 59.7 Å². The molecule has 4 aromatic rings. The summed E-state index contributed by atoms with van der Waals surface area (Å²) in [7, 11) is 0. The fraction of sp³-hybridized carbons (Fsp3) is 0.273. The molecule has 0 unspecified atom stereocenters. The van der Waals surface area contributed by atoms with Crippen molar-refractivity contribution in [2.45, 2.75) is 51.9 Å². The van der Waals surface area contributed by atoms with Crippen molar-refractivity contribution in [1.29, 1.82) is 0 Å². The number of hydrogen-bond acceptors (Lipinski definition) is 2. The molecule has 2 N–H and O–H groups in total. The van der Waals surface area contributed by atoms with Crippen molar-refractivity contribution >= 4 is 28.3 Å². The molecule has 0 spiro atoms. The van der Waals surface area contributed by atoms with Gasteiger partial charge in [0.05, 0.1) is 6.42 Å². The molecule has 0 saturated heterocycles. The van der Waals surface area contributed by atoms with E-state index in [4.69, 9.17) is 0 Å². The predicted molar refractivity (Wildman–Crippen MR) is 153 cm³/mol. The number of benzene rings is 4. The van der Waals surface area contributed by atoms with Gasteiger partial charge < -0.3 is 10.6 Å². The first kappa shape index (κ1) is 26.2. The van der Waals surface area contributed by atoms with Crippen LogP contribution in [-0.4, -0.2) is 18.4 Å². The molecule has 2 amide bonds. The number of anilines is 1. The highest BCUT2D eigenvalue weighted by Crippen LogP contribution is 2.31. The van der Waals surface area contributed by atoms with Crippen LogP contribution in [0.15, 0.2) is 91.0 Å². The second-order valence-electron chi connectivity index (χ2n) is 9.50. The van der Waals surface area contributed by atoms with Gasteiger partial charge in [0.25, 0.3) is 5.91 Å². The van der Waals surface area contributed by atoms with Gasteiger partial charge in [-0.15, -0.1) is 0 Å². The van der Waals surface area contributed by atoms with Gasteiger partial charge in [0.1, 0.15) is 0 Å². The third kappa shape index (κ3) is 7.29. The molecule has 0 aliphatic rings. The van der Waals surface area contributed by atoms with Crippen molar-refractivity contribution in [2.24, 2.45) is 0 Å². The van der Waals surface area contributed by atoms with E-state index in [-0.39, 0.29) is 11.8 Å². The molecule has 0 atom stereocenters. The molecule has 0 aliphatic carbocycles. The average Bonchev–Trinajstić information content (AvgIpc) is 2.93. The summed E-state index contributed by atoms with van der Waals surface area (Å²) in [6, 6.07) is 29.6. The van der Waals surface area contributed by atoms with E-state index in [2.05, 4.69) is 41.8 Å². The van der Waals surface area contributed by atoms with Crippen LogP contribution in [0.4, 0.5) is 5.69 Å². The lowest BCUT2D eigenvalue weighted by Gasteiger charge is -2.17. The van der Waals surface area contributed by atoms with Gasteiger partial charge in [-0.3, -0.25) is 9.59 Å². The lowest BCUT2D eigenvalue weighted by molar-refractivity contribution is -0.120. The average molecular weight is 493 g/mol. The third-order valence-corrected chi connectivity index (χ3v) is 6.73. The smallest absolute Gasteiger partial charge is 0.255 e. The molecule has 0 fully saturated rings. The van der Waals surface area contributed by atoms with Gasteiger partial charge in [0, 0.05) is 17.8 Å². The van der Waals surface area contributed by atoms with Crippen molar-refractivity contribution in [3.05, 3.63) is 113 Å². The SMILES string of the molecule is CCCCCCc1c(NC(=O)c2ccccc2)ccc2cccc(CCNC(=O)Cc3ccccc3)c12. The number of carbonyl (C=O) groups is 2. The zero-order valence-electron chi connectivity index (χ0n) is 21.6. The Morgan fingerprint density at radius 2 is 1.49 bits per heavy atom. The first-order valence-corrected chi connectivity index (χ1v) is 13.4. The summed E-state index contributed by atoms with van der Waals surface area (Å²) in [6.45, 7) is 2.79. The molecule has 0 bridgehead atoms. The van der Waals surface area contributed by atoms with Crippen molar-refractivity contribution in [2.75, 3.05) is 11.9 Å². The van der Waals surface area contributed by atoms with Crippen molar-refractivity contribution in [3.8, 4) is 0 Å². The molecule has 0 radical (unpaired) electrons. The van der Waals surface area contributed by atoms with E-state index in [1.54, 1.807) is 0 Å². The molecule has 0 aromatic heterocycles. The van der Waals surface area contributed by atoms with Crippen LogP contribution < -0.4 is 10.6 Å². The highest BCUT2D eigenvalue weighted by Gasteiger charge is 2.15. The summed E-state index contributed by atoms with van der Waals surface area (Å²) in [5.74, 6) is -0.0672. The van der Waals surface area contributed by atoms with Crippen molar-refractivity contribution in [1.82, 2.24) is 5.32 Å². The standard InChI is InChI=1S/C33H36N2O2/c1-2-3-4-11-19-29-30(35-33(37)28-15-9-6-10-16-28)21-20-26-17-12-18-27(32(26)29)22-23-34-31(36)24-25-13-7-5-8-14-25/h5-10,12-18,20-21H,2-4,11,19,22-24H2,1H3,(H,34,36)(H,35,37). The maximum Gasteiger partial charge on any atom is 0.255 e. The number of fused-ring (bicyclic) bond motifs is 1. The summed E-state index contributed by atoms with van der Waals surface area (Å²) in [5.41, 5.74) is 4.91. The van der Waals surface area contributed by atoms with Gasteiger partial charge in [-0.1, -0.05) is 99.0 Å². The summed E-state index contributed by atoms with van der Waals surface area (Å²) in [4.78, 5) is 25.5. The van der Waals surface area contributed by atoms with E-state index in [1.807, 2.05) is 66.7 Å². The molecule has 4 aromatic carbocycles. The Kier molecular flexibility index (Phi) is 9.47. The van der Waals surface area contributed by atoms with E-state index in [0.717, 1.165) is 42.3 Å². The maximum absolute atomic E-state index is 13.0. The van der Waals surface area contributed by atoms with Crippen LogP contribution >= 0.6 is 0 Å². The van der Waals surface area contributed by atoms with Crippen LogP contribution in [0.3, 0.4) is 0 Å². The lowest BCUT2D eigenvalue weighted by atomic mass is 9.92. The van der Waals surface area contributed by atoms with Crippen molar-refractivity contribution in [3.63, 3.8) is 0 Å². The minimum atomic E-state index is -0.0968. The number of unbranched alkanes of at least 4 members (excludes halogenated alkanes) is 3. The normalized spacial score (nSPS) is 10.8. The maximum atomic E-state index is 13.0. The van der Waals surface area contributed by atoms with Crippen LogP contribution in [0.5, 0.6) is 0 Å². The molecular weight excluding hydrogens is 456 g/mol. The number of carbonyl (C=O) groups excluding carboxylic acids is 2. The van der Waals surface area contributed by atoms with E-state index in [1.165, 1.54) is 29.4 Å². The predicted octanol–water partition coefficient (Wildman–Crippen LogP) is 7.12. The van der Waals surface area contributed by atoms with Crippen LogP contribution in [0.25, 0.3) is 10.8 Å². The quantitative estimate of drug-likeness (QED) is 0.207. The first-order chi connectivity index (χ1) is 18.2. The van der Waals surface area contributed by atoms with Gasteiger partial charge in [-0.25, -0.2) is 0 Å². The molecule has 4 heteroatoms. The zero-order chi connectivity index (χ0) is 25.9. The second kappa shape index (κ2) is 13.4. The topological polar surface area (TPSA) is 58.2 Å². The Labute approximate surface area is 220 Å². The Hall–Kier alpha value is -3.92. The number of nitrogens with one attached hydrogen (secondary N) is 2. The monoisotopic (exact) mass is 492 g/mol. The molecule has 0 aliphatic heterocycles. The molecule has 4 rings (SSSR count). The Bertz CT molecular complexity index is 1320. The highest BCUT2D eigenvalue weighted by molar-refractivity contribution is 6.06. The third-order valence-electron chi connectivity index (χ3n) is 6.73. The van der Waals surface area contributed by atoms with E-state index < -0.39 is 0 Å². The molecule has 0 saturated carbocycles. The fourth-order valence-corrected chi connectivity index (χ4v) is 4.81. The highest BCUT2D eigenvalue weighted by atomic mass is 16.2. The summed E-state index contributed by atoms with van der Waals surface area (Å²) < 4.78 is 0. The van der Waals surface area contributed by atoms with E-state index >= 15 is 0 Å². The van der Waals surface area contributed by atoms with Crippen LogP contribution in [-0.2, 0) is 24.1 Å². The Balaban J connectivity index is 1.56. The largest absolute Gasteiger partial charge is 0.355 e. The van der Waals surface area contributed by atoms with Crippen LogP contribution in [0.2, 0.25) is 0 Å². The molecule has 4 nitrogen and oxygen atoms in total. The van der Waals surface area contributed by atoms with Crippen LogP contribution in [0, 0.1) is 0 Å². The van der Waals surface area contributed by atoms with Gasteiger partial charge in [0.15, 0.2) is 0 Å². The molecule has 37 heavy (non-hydrogen) atoms. The second-order valence-corrected chi connectivity index (χ2v) is 9.50. The van der Waals surface area contributed by atoms with Gasteiger partial charge in [-0.2, -0.15) is 0 Å². The zero-order valence-corrected chi connectivity index (χ0v) is 21.6. The number of rotatable bonds is 12. The van der Waals surface area contributed by atoms with Gasteiger partial charge in [0.2, 0.25) is 5.91 Å². The number of hydrogen-bond donors (Lipinski definition) is 2. The molecule has 0 heterocycles. The summed E-state index contributed by atoms with van der Waals surface area (Å²) in [5, 5.41) is 8.62. The first-order valence-electron chi connectivity index (χ1n) is 13.4. The minimum absolute atomic E-state index is 0.0297. The molecule has 190 valence electrons. The summed E-state index contributed by atoms with van der Waals surface area (Å²) >= 11 is 0. The Morgan fingerprint density at radius 3 is 2.24 bits per heavy atom. The minimum Gasteiger partial charge on any atom is -0.355 e. The summed E-state index contributed by atoms with van der Waals surface area (Å²) in [6.07, 6.45) is 6.64. The van der Waals surface area contributed by atoms with Gasteiger partial charge in [-0.05, 0) is 64.9 Å². The number of amides is 2. The Morgan fingerprint density at radius 1 is 0.730 bits per heavy atom. The van der Waals surface area contributed by atoms with E-state index in [9.17, 15) is 9.59 Å². The fourth-order valence-electron chi connectivity index (χ4n) is 4.81. The molecular formula is C33H36N2O2. The number of aryl methyl sites for hydroxylation is 1. The van der Waals surface area contributed by atoms with Crippen molar-refractivity contribution < 1.29 is 9.59 Å².